The van der Waals surface area contributed by atoms with Crippen molar-refractivity contribution in [1.82, 2.24) is 10.0 Å². The van der Waals surface area contributed by atoms with Gasteiger partial charge in [-0.15, -0.1) is 0 Å². The smallest absolute Gasteiger partial charge is 0.240 e. The standard InChI is InChI=1S/C13H22N2O3S/c1-14-11-12-5-7-13(8-6-12)19(16,17)15-9-3-4-10-18-2/h5-8,14-15H,3-4,9-11H2,1-2H3. The molecule has 19 heavy (non-hydrogen) atoms. The van der Waals surface area contributed by atoms with Crippen molar-refractivity contribution in [1.29, 1.82) is 0 Å². The Balaban J connectivity index is 2.52. The number of unbranched alkanes of at least 4 members (excludes halogenated alkanes) is 1. The van der Waals surface area contributed by atoms with E-state index >= 15 is 0 Å². The summed E-state index contributed by atoms with van der Waals surface area (Å²) < 4.78 is 31.5. The zero-order valence-electron chi connectivity index (χ0n) is 11.5. The molecule has 0 aliphatic rings. The molecular formula is C13H22N2O3S. The lowest BCUT2D eigenvalue weighted by Crippen LogP contribution is -2.25. The second kappa shape index (κ2) is 8.27. The quantitative estimate of drug-likeness (QED) is 0.667. The summed E-state index contributed by atoms with van der Waals surface area (Å²) in [6.07, 6.45) is 1.62. The molecule has 0 unspecified atom stereocenters. The molecule has 0 spiro atoms. The van der Waals surface area contributed by atoms with E-state index in [-0.39, 0.29) is 0 Å². The molecule has 6 heteroatoms. The van der Waals surface area contributed by atoms with E-state index in [9.17, 15) is 8.42 Å². The highest BCUT2D eigenvalue weighted by molar-refractivity contribution is 7.89. The predicted octanol–water partition coefficient (Wildman–Crippen LogP) is 1.11. The third kappa shape index (κ3) is 5.69. The minimum atomic E-state index is -3.39. The molecule has 0 amide bonds. The summed E-state index contributed by atoms with van der Waals surface area (Å²) in [7, 11) is 0.0988. The zero-order valence-corrected chi connectivity index (χ0v) is 12.3. The Bertz CT molecular complexity index is 457. The van der Waals surface area contributed by atoms with E-state index in [2.05, 4.69) is 10.0 Å². The van der Waals surface area contributed by atoms with Crippen LogP contribution in [0.25, 0.3) is 0 Å². The van der Waals surface area contributed by atoms with Crippen LogP contribution in [0.3, 0.4) is 0 Å². The summed E-state index contributed by atoms with van der Waals surface area (Å²) in [6, 6.07) is 6.89. The minimum Gasteiger partial charge on any atom is -0.385 e. The zero-order chi connectivity index (χ0) is 14.1. The normalized spacial score (nSPS) is 11.7. The Kier molecular flexibility index (Phi) is 7.01. The summed E-state index contributed by atoms with van der Waals surface area (Å²) in [4.78, 5) is 0.305. The van der Waals surface area contributed by atoms with Gasteiger partial charge in [-0.05, 0) is 37.6 Å². The van der Waals surface area contributed by atoms with Gasteiger partial charge in [-0.1, -0.05) is 12.1 Å². The summed E-state index contributed by atoms with van der Waals surface area (Å²) >= 11 is 0. The van der Waals surface area contributed by atoms with E-state index in [1.807, 2.05) is 19.2 Å². The van der Waals surface area contributed by atoms with Gasteiger partial charge < -0.3 is 10.1 Å². The van der Waals surface area contributed by atoms with Crippen LogP contribution >= 0.6 is 0 Å². The van der Waals surface area contributed by atoms with Crippen molar-refractivity contribution in [2.75, 3.05) is 27.3 Å². The van der Waals surface area contributed by atoms with Crippen molar-refractivity contribution in [2.45, 2.75) is 24.3 Å². The van der Waals surface area contributed by atoms with Crippen molar-refractivity contribution in [3.63, 3.8) is 0 Å². The van der Waals surface area contributed by atoms with Crippen LogP contribution in [0.4, 0.5) is 0 Å². The van der Waals surface area contributed by atoms with Crippen LogP contribution in [-0.2, 0) is 21.3 Å². The van der Waals surface area contributed by atoms with E-state index < -0.39 is 10.0 Å². The van der Waals surface area contributed by atoms with Gasteiger partial charge in [0.25, 0.3) is 0 Å². The van der Waals surface area contributed by atoms with E-state index in [4.69, 9.17) is 4.74 Å². The van der Waals surface area contributed by atoms with E-state index in [1.54, 1.807) is 19.2 Å². The Morgan fingerprint density at radius 3 is 2.42 bits per heavy atom. The number of benzene rings is 1. The van der Waals surface area contributed by atoms with Crippen LogP contribution in [0.15, 0.2) is 29.2 Å². The first-order valence-electron chi connectivity index (χ1n) is 6.32. The number of methoxy groups -OCH3 is 1. The first-order chi connectivity index (χ1) is 9.10. The van der Waals surface area contributed by atoms with E-state index in [0.29, 0.717) is 18.0 Å². The molecule has 0 atom stereocenters. The molecule has 0 aliphatic carbocycles. The van der Waals surface area contributed by atoms with Crippen molar-refractivity contribution >= 4 is 10.0 Å². The maximum atomic E-state index is 12.0. The van der Waals surface area contributed by atoms with Crippen molar-refractivity contribution < 1.29 is 13.2 Å². The predicted molar refractivity (Wildman–Crippen MR) is 75.5 cm³/mol. The van der Waals surface area contributed by atoms with Gasteiger partial charge in [-0.25, -0.2) is 13.1 Å². The summed E-state index contributed by atoms with van der Waals surface area (Å²) in [6.45, 7) is 1.81. The average Bonchev–Trinajstić information content (AvgIpc) is 2.39. The first kappa shape index (κ1) is 16.1. The number of rotatable bonds is 9. The van der Waals surface area contributed by atoms with Crippen molar-refractivity contribution in [3.8, 4) is 0 Å². The van der Waals surface area contributed by atoms with Gasteiger partial charge in [0.15, 0.2) is 0 Å². The lowest BCUT2D eigenvalue weighted by molar-refractivity contribution is 0.193. The molecule has 0 saturated heterocycles. The Hall–Kier alpha value is -0.950. The fourth-order valence-corrected chi connectivity index (χ4v) is 2.73. The molecule has 108 valence electrons. The molecule has 0 radical (unpaired) electrons. The van der Waals surface area contributed by atoms with Gasteiger partial charge in [0.2, 0.25) is 10.0 Å². The van der Waals surface area contributed by atoms with Crippen molar-refractivity contribution in [3.05, 3.63) is 29.8 Å². The lowest BCUT2D eigenvalue weighted by Gasteiger charge is -2.07. The van der Waals surface area contributed by atoms with Gasteiger partial charge in [-0.2, -0.15) is 0 Å². The molecule has 0 heterocycles. The van der Waals surface area contributed by atoms with Crippen LogP contribution < -0.4 is 10.0 Å². The van der Waals surface area contributed by atoms with Gasteiger partial charge in [0.1, 0.15) is 0 Å². The third-order valence-corrected chi connectivity index (χ3v) is 4.16. The fraction of sp³-hybridized carbons (Fsp3) is 0.538. The molecule has 1 aromatic carbocycles. The topological polar surface area (TPSA) is 67.4 Å². The van der Waals surface area contributed by atoms with Crippen LogP contribution in [0, 0.1) is 0 Å². The Labute approximate surface area is 115 Å². The number of hydrogen-bond acceptors (Lipinski definition) is 4. The molecule has 1 rings (SSSR count). The lowest BCUT2D eigenvalue weighted by atomic mass is 10.2. The highest BCUT2D eigenvalue weighted by Gasteiger charge is 2.12. The summed E-state index contributed by atoms with van der Waals surface area (Å²) in [5.74, 6) is 0. The average molecular weight is 286 g/mol. The van der Waals surface area contributed by atoms with Crippen LogP contribution in [-0.4, -0.2) is 35.7 Å². The van der Waals surface area contributed by atoms with Crippen LogP contribution in [0.5, 0.6) is 0 Å². The molecule has 0 fully saturated rings. The number of ether oxygens (including phenoxy) is 1. The third-order valence-electron chi connectivity index (χ3n) is 2.68. The second-order valence-electron chi connectivity index (χ2n) is 4.27. The monoisotopic (exact) mass is 286 g/mol. The molecule has 1 aromatic rings. The molecule has 2 N–H and O–H groups in total. The number of nitrogens with one attached hydrogen (secondary N) is 2. The molecule has 0 aliphatic heterocycles. The second-order valence-corrected chi connectivity index (χ2v) is 6.04. The molecular weight excluding hydrogens is 264 g/mol. The highest BCUT2D eigenvalue weighted by atomic mass is 32.2. The van der Waals surface area contributed by atoms with Crippen molar-refractivity contribution in [2.24, 2.45) is 0 Å². The van der Waals surface area contributed by atoms with Gasteiger partial charge in [-0.3, -0.25) is 0 Å². The van der Waals surface area contributed by atoms with Gasteiger partial charge in [0, 0.05) is 26.8 Å². The number of sulfonamides is 1. The fourth-order valence-electron chi connectivity index (χ4n) is 1.65. The Morgan fingerprint density at radius 1 is 1.16 bits per heavy atom. The molecule has 0 aromatic heterocycles. The first-order valence-corrected chi connectivity index (χ1v) is 7.80. The van der Waals surface area contributed by atoms with Gasteiger partial charge in [0.05, 0.1) is 4.90 Å². The van der Waals surface area contributed by atoms with Gasteiger partial charge >= 0.3 is 0 Å². The maximum absolute atomic E-state index is 12.0. The molecule has 0 bridgehead atoms. The summed E-state index contributed by atoms with van der Waals surface area (Å²) in [5.41, 5.74) is 1.06. The largest absolute Gasteiger partial charge is 0.385 e. The minimum absolute atomic E-state index is 0.305. The summed E-state index contributed by atoms with van der Waals surface area (Å²) in [5, 5.41) is 3.02. The van der Waals surface area contributed by atoms with Crippen LogP contribution in [0.1, 0.15) is 18.4 Å². The van der Waals surface area contributed by atoms with E-state index in [0.717, 1.165) is 24.9 Å². The van der Waals surface area contributed by atoms with Crippen LogP contribution in [0.2, 0.25) is 0 Å². The highest BCUT2D eigenvalue weighted by Crippen LogP contribution is 2.10. The molecule has 5 nitrogen and oxygen atoms in total. The number of hydrogen-bond donors (Lipinski definition) is 2. The van der Waals surface area contributed by atoms with E-state index in [1.165, 1.54) is 0 Å². The SMILES string of the molecule is CNCc1ccc(S(=O)(=O)NCCCCOC)cc1. The maximum Gasteiger partial charge on any atom is 0.240 e. The Morgan fingerprint density at radius 2 is 1.84 bits per heavy atom. The molecule has 0 saturated carbocycles.